The highest BCUT2D eigenvalue weighted by molar-refractivity contribution is 6.00. The standard InChI is InChI=1S/C17H22N2O2/c1-4-6-8-19-15-9-12(3)13(16(21)7-5-2)10-14(15)18-17(19)11-20/h9-11H,4-8H2,1-3H3. The molecule has 0 N–H and O–H groups in total. The average Bonchev–Trinajstić information content (AvgIpc) is 2.81. The van der Waals surface area contributed by atoms with Crippen molar-refractivity contribution in [1.82, 2.24) is 9.55 Å². The molecule has 0 amide bonds. The Bertz CT molecular complexity index is 671. The van der Waals surface area contributed by atoms with Crippen molar-refractivity contribution in [2.24, 2.45) is 0 Å². The molecule has 0 unspecified atom stereocenters. The minimum atomic E-state index is 0.146. The molecule has 0 aliphatic heterocycles. The fourth-order valence-electron chi connectivity index (χ4n) is 2.60. The second-order valence-electron chi connectivity index (χ2n) is 5.42. The summed E-state index contributed by atoms with van der Waals surface area (Å²) in [6.07, 6.45) is 4.23. The molecule has 0 saturated carbocycles. The number of fused-ring (bicyclic) bond motifs is 1. The number of aryl methyl sites for hydroxylation is 2. The molecule has 0 atom stereocenters. The number of aldehydes is 1. The fraction of sp³-hybridized carbons (Fsp3) is 0.471. The van der Waals surface area contributed by atoms with Crippen LogP contribution in [0.3, 0.4) is 0 Å². The Labute approximate surface area is 125 Å². The van der Waals surface area contributed by atoms with Crippen LogP contribution in [0.5, 0.6) is 0 Å². The molecule has 0 aliphatic carbocycles. The quantitative estimate of drug-likeness (QED) is 0.572. The number of hydrogen-bond acceptors (Lipinski definition) is 3. The number of rotatable bonds is 7. The summed E-state index contributed by atoms with van der Waals surface area (Å²) in [7, 11) is 0. The summed E-state index contributed by atoms with van der Waals surface area (Å²) < 4.78 is 1.95. The molecule has 0 fully saturated rings. The number of aromatic nitrogens is 2. The van der Waals surface area contributed by atoms with Crippen molar-refractivity contribution in [1.29, 1.82) is 0 Å². The van der Waals surface area contributed by atoms with E-state index in [1.54, 1.807) is 0 Å². The molecule has 0 radical (unpaired) electrons. The first-order valence-electron chi connectivity index (χ1n) is 7.61. The molecule has 0 spiro atoms. The predicted octanol–water partition coefficient (Wildman–Crippen LogP) is 3.94. The highest BCUT2D eigenvalue weighted by Gasteiger charge is 2.15. The lowest BCUT2D eigenvalue weighted by Crippen LogP contribution is -2.04. The molecule has 2 rings (SSSR count). The molecule has 0 bridgehead atoms. The van der Waals surface area contributed by atoms with Crippen LogP contribution < -0.4 is 0 Å². The molecule has 1 aromatic carbocycles. The van der Waals surface area contributed by atoms with E-state index >= 15 is 0 Å². The van der Waals surface area contributed by atoms with E-state index in [2.05, 4.69) is 11.9 Å². The zero-order valence-electron chi connectivity index (χ0n) is 13.0. The van der Waals surface area contributed by atoms with E-state index in [0.717, 1.165) is 54.3 Å². The summed E-state index contributed by atoms with van der Waals surface area (Å²) in [6, 6.07) is 3.81. The maximum atomic E-state index is 12.1. The third kappa shape index (κ3) is 3.04. The lowest BCUT2D eigenvalue weighted by molar-refractivity contribution is 0.0981. The van der Waals surface area contributed by atoms with Gasteiger partial charge in [0.05, 0.1) is 11.0 Å². The lowest BCUT2D eigenvalue weighted by Gasteiger charge is -2.08. The van der Waals surface area contributed by atoms with E-state index in [9.17, 15) is 9.59 Å². The van der Waals surface area contributed by atoms with Crippen molar-refractivity contribution in [3.8, 4) is 0 Å². The number of Topliss-reactive ketones (excluding diaryl/α,β-unsaturated/α-hetero) is 1. The Morgan fingerprint density at radius 1 is 1.29 bits per heavy atom. The maximum absolute atomic E-state index is 12.1. The Hall–Kier alpha value is -1.97. The fourth-order valence-corrected chi connectivity index (χ4v) is 2.60. The zero-order chi connectivity index (χ0) is 15.4. The maximum Gasteiger partial charge on any atom is 0.185 e. The van der Waals surface area contributed by atoms with Gasteiger partial charge < -0.3 is 4.57 Å². The number of nitrogens with zero attached hydrogens (tertiary/aromatic N) is 2. The van der Waals surface area contributed by atoms with Crippen LogP contribution in [0.25, 0.3) is 11.0 Å². The Morgan fingerprint density at radius 2 is 2.05 bits per heavy atom. The molecule has 2 aromatic rings. The summed E-state index contributed by atoms with van der Waals surface area (Å²) in [5, 5.41) is 0. The van der Waals surface area contributed by atoms with E-state index < -0.39 is 0 Å². The highest BCUT2D eigenvalue weighted by atomic mass is 16.1. The zero-order valence-corrected chi connectivity index (χ0v) is 13.0. The predicted molar refractivity (Wildman–Crippen MR) is 84.0 cm³/mol. The number of carbonyl (C=O) groups is 2. The average molecular weight is 286 g/mol. The summed E-state index contributed by atoms with van der Waals surface area (Å²) in [5.74, 6) is 0.589. The van der Waals surface area contributed by atoms with Gasteiger partial charge in [0, 0.05) is 18.5 Å². The molecule has 1 aromatic heterocycles. The van der Waals surface area contributed by atoms with Gasteiger partial charge in [-0.25, -0.2) is 4.98 Å². The van der Waals surface area contributed by atoms with Crippen LogP contribution in [0, 0.1) is 6.92 Å². The molecular weight excluding hydrogens is 264 g/mol. The van der Waals surface area contributed by atoms with Gasteiger partial charge in [-0.2, -0.15) is 0 Å². The third-order valence-corrected chi connectivity index (χ3v) is 3.74. The van der Waals surface area contributed by atoms with Gasteiger partial charge in [-0.1, -0.05) is 20.3 Å². The first kappa shape index (κ1) is 15.4. The minimum absolute atomic E-state index is 0.146. The molecule has 1 heterocycles. The molecule has 112 valence electrons. The van der Waals surface area contributed by atoms with Crippen LogP contribution in [0.1, 0.15) is 66.1 Å². The minimum Gasteiger partial charge on any atom is -0.322 e. The van der Waals surface area contributed by atoms with Crippen LogP contribution in [0.2, 0.25) is 0 Å². The molecule has 4 nitrogen and oxygen atoms in total. The Morgan fingerprint density at radius 3 is 2.67 bits per heavy atom. The van der Waals surface area contributed by atoms with Crippen molar-refractivity contribution in [2.45, 2.75) is 53.0 Å². The van der Waals surface area contributed by atoms with Gasteiger partial charge in [-0.3, -0.25) is 9.59 Å². The SMILES string of the molecule is CCCCn1c(C=O)nc2cc(C(=O)CCC)c(C)cc21. The van der Waals surface area contributed by atoms with Crippen LogP contribution in [-0.2, 0) is 6.54 Å². The van der Waals surface area contributed by atoms with Gasteiger partial charge in [0.15, 0.2) is 17.9 Å². The van der Waals surface area contributed by atoms with E-state index in [1.807, 2.05) is 30.5 Å². The number of carbonyl (C=O) groups excluding carboxylic acids is 2. The largest absolute Gasteiger partial charge is 0.322 e. The number of unbranched alkanes of at least 4 members (excludes halogenated alkanes) is 1. The van der Waals surface area contributed by atoms with E-state index in [1.165, 1.54) is 0 Å². The number of benzene rings is 1. The molecule has 0 aliphatic rings. The van der Waals surface area contributed by atoms with Gasteiger partial charge in [0.1, 0.15) is 0 Å². The molecular formula is C17H22N2O2. The first-order chi connectivity index (χ1) is 10.1. The first-order valence-corrected chi connectivity index (χ1v) is 7.61. The molecule has 21 heavy (non-hydrogen) atoms. The van der Waals surface area contributed by atoms with Crippen molar-refractivity contribution in [3.63, 3.8) is 0 Å². The van der Waals surface area contributed by atoms with Gasteiger partial charge in [0.25, 0.3) is 0 Å². The van der Waals surface area contributed by atoms with Gasteiger partial charge in [0.2, 0.25) is 0 Å². The van der Waals surface area contributed by atoms with E-state index in [4.69, 9.17) is 0 Å². The second-order valence-corrected chi connectivity index (χ2v) is 5.42. The van der Waals surface area contributed by atoms with Crippen LogP contribution in [0.4, 0.5) is 0 Å². The summed E-state index contributed by atoms with van der Waals surface area (Å²) in [6.45, 7) is 6.84. The van der Waals surface area contributed by atoms with Crippen molar-refractivity contribution in [2.75, 3.05) is 0 Å². The highest BCUT2D eigenvalue weighted by Crippen LogP contribution is 2.22. The van der Waals surface area contributed by atoms with Gasteiger partial charge in [-0.05, 0) is 37.5 Å². The smallest absolute Gasteiger partial charge is 0.185 e. The van der Waals surface area contributed by atoms with Crippen molar-refractivity contribution in [3.05, 3.63) is 29.1 Å². The summed E-state index contributed by atoms with van der Waals surface area (Å²) >= 11 is 0. The van der Waals surface area contributed by atoms with E-state index in [0.29, 0.717) is 12.2 Å². The Kier molecular flexibility index (Phi) is 4.89. The molecule has 0 saturated heterocycles. The van der Waals surface area contributed by atoms with Crippen LogP contribution >= 0.6 is 0 Å². The number of ketones is 1. The summed E-state index contributed by atoms with van der Waals surface area (Å²) in [5.41, 5.74) is 3.35. The van der Waals surface area contributed by atoms with E-state index in [-0.39, 0.29) is 5.78 Å². The second kappa shape index (κ2) is 6.66. The topological polar surface area (TPSA) is 52.0 Å². The van der Waals surface area contributed by atoms with Crippen molar-refractivity contribution < 1.29 is 9.59 Å². The number of hydrogen-bond donors (Lipinski definition) is 0. The normalized spacial score (nSPS) is 11.0. The monoisotopic (exact) mass is 286 g/mol. The van der Waals surface area contributed by atoms with Crippen LogP contribution in [0.15, 0.2) is 12.1 Å². The van der Waals surface area contributed by atoms with Crippen molar-refractivity contribution >= 4 is 23.1 Å². The van der Waals surface area contributed by atoms with Crippen LogP contribution in [-0.4, -0.2) is 21.6 Å². The number of imidazole rings is 1. The molecule has 4 heteroatoms. The van der Waals surface area contributed by atoms with Gasteiger partial charge in [-0.15, -0.1) is 0 Å². The lowest BCUT2D eigenvalue weighted by atomic mass is 10.0. The summed E-state index contributed by atoms with van der Waals surface area (Å²) in [4.78, 5) is 27.7. The third-order valence-electron chi connectivity index (χ3n) is 3.74. The van der Waals surface area contributed by atoms with Gasteiger partial charge >= 0.3 is 0 Å². The Balaban J connectivity index is 2.54.